The third-order valence-electron chi connectivity index (χ3n) is 4.79. The summed E-state index contributed by atoms with van der Waals surface area (Å²) in [5, 5.41) is 18.6. The Morgan fingerprint density at radius 3 is 1.36 bits per heavy atom. The van der Waals surface area contributed by atoms with Gasteiger partial charge in [0.1, 0.15) is 0 Å². The average molecular weight is 385 g/mol. The highest BCUT2D eigenvalue weighted by molar-refractivity contribution is 6.03. The number of rotatable bonds is 10. The van der Waals surface area contributed by atoms with E-state index in [0.717, 1.165) is 48.2 Å². The van der Waals surface area contributed by atoms with Gasteiger partial charge in [-0.1, -0.05) is 51.0 Å². The fourth-order valence-electron chi connectivity index (χ4n) is 3.01. The van der Waals surface area contributed by atoms with Crippen molar-refractivity contribution in [2.75, 3.05) is 22.9 Å². The Labute approximate surface area is 168 Å². The first-order chi connectivity index (χ1) is 13.6. The third kappa shape index (κ3) is 5.81. The molecule has 2 aromatic carbocycles. The first-order valence-corrected chi connectivity index (χ1v) is 10.1. The summed E-state index contributed by atoms with van der Waals surface area (Å²) < 4.78 is 0. The van der Waals surface area contributed by atoms with E-state index >= 15 is 0 Å². The maximum Gasteiger partial charge on any atom is 0.328 e. The minimum atomic E-state index is -0.0459. The van der Waals surface area contributed by atoms with Crippen LogP contribution in [0.3, 0.4) is 0 Å². The smallest absolute Gasteiger partial charge is 0.328 e. The molecule has 0 bridgehead atoms. The van der Waals surface area contributed by atoms with E-state index in [1.165, 1.54) is 0 Å². The summed E-state index contributed by atoms with van der Waals surface area (Å²) in [7, 11) is 0. The molecule has 0 spiro atoms. The van der Waals surface area contributed by atoms with Gasteiger partial charge in [-0.25, -0.2) is 4.79 Å². The topological polar surface area (TPSA) is 64.0 Å². The second-order valence-corrected chi connectivity index (χ2v) is 6.94. The molecule has 152 valence electrons. The highest BCUT2D eigenvalue weighted by Gasteiger charge is 2.23. The fraction of sp³-hybridized carbons (Fsp3) is 0.435. The van der Waals surface area contributed by atoms with Gasteiger partial charge < -0.3 is 10.2 Å². The molecule has 5 nitrogen and oxygen atoms in total. The highest BCUT2D eigenvalue weighted by Crippen LogP contribution is 2.23. The summed E-state index contributed by atoms with van der Waals surface area (Å²) in [6.07, 6.45) is 3.83. The SMILES string of the molecule is CCCCN(C(=O)N(CCCC)c1ccc(CO)cc1)c1ccc(CO)cc1. The number of hydrogen-bond acceptors (Lipinski definition) is 3. The summed E-state index contributed by atoms with van der Waals surface area (Å²) in [6.45, 7) is 5.49. The number of aliphatic hydroxyl groups is 2. The molecule has 0 atom stereocenters. The van der Waals surface area contributed by atoms with E-state index in [4.69, 9.17) is 0 Å². The van der Waals surface area contributed by atoms with Gasteiger partial charge in [-0.3, -0.25) is 9.80 Å². The largest absolute Gasteiger partial charge is 0.392 e. The van der Waals surface area contributed by atoms with Crippen LogP contribution >= 0.6 is 0 Å². The van der Waals surface area contributed by atoms with Crippen LogP contribution in [0.2, 0.25) is 0 Å². The molecule has 2 aromatic rings. The lowest BCUT2D eigenvalue weighted by Gasteiger charge is -2.31. The molecule has 2 amide bonds. The van der Waals surface area contributed by atoms with Gasteiger partial charge in [0.25, 0.3) is 0 Å². The zero-order valence-electron chi connectivity index (χ0n) is 17.0. The molecular formula is C23H32N2O3. The lowest BCUT2D eigenvalue weighted by atomic mass is 10.1. The van der Waals surface area contributed by atoms with E-state index < -0.39 is 0 Å². The van der Waals surface area contributed by atoms with Gasteiger partial charge in [-0.2, -0.15) is 0 Å². The molecular weight excluding hydrogens is 352 g/mol. The van der Waals surface area contributed by atoms with Gasteiger partial charge in [-0.05, 0) is 48.2 Å². The molecule has 0 aromatic heterocycles. The van der Waals surface area contributed by atoms with Gasteiger partial charge in [0.2, 0.25) is 0 Å². The van der Waals surface area contributed by atoms with E-state index in [2.05, 4.69) is 13.8 Å². The monoisotopic (exact) mass is 384 g/mol. The zero-order chi connectivity index (χ0) is 20.4. The Hall–Kier alpha value is -2.37. The van der Waals surface area contributed by atoms with Gasteiger partial charge in [0.15, 0.2) is 0 Å². The van der Waals surface area contributed by atoms with Crippen molar-refractivity contribution in [1.82, 2.24) is 0 Å². The Kier molecular flexibility index (Phi) is 8.98. The molecule has 0 aliphatic carbocycles. The predicted octanol–water partition coefficient (Wildman–Crippen LogP) is 4.70. The quantitative estimate of drug-likeness (QED) is 0.624. The lowest BCUT2D eigenvalue weighted by molar-refractivity contribution is 0.251. The minimum absolute atomic E-state index is 0.0109. The van der Waals surface area contributed by atoms with Crippen LogP contribution in [-0.2, 0) is 13.2 Å². The molecule has 0 saturated heterocycles. The van der Waals surface area contributed by atoms with Crippen LogP contribution in [0, 0.1) is 0 Å². The standard InChI is InChI=1S/C23H32N2O3/c1-3-5-15-24(21-11-7-19(17-26)8-12-21)23(28)25(16-6-4-2)22-13-9-20(18-27)10-14-22/h7-14,26-27H,3-6,15-18H2,1-2H3. The molecule has 0 heterocycles. The molecule has 0 unspecified atom stereocenters. The lowest BCUT2D eigenvalue weighted by Crippen LogP contribution is -2.44. The van der Waals surface area contributed by atoms with E-state index in [0.29, 0.717) is 13.1 Å². The normalized spacial score (nSPS) is 10.7. The molecule has 0 aliphatic heterocycles. The van der Waals surface area contributed by atoms with Crippen molar-refractivity contribution >= 4 is 17.4 Å². The van der Waals surface area contributed by atoms with Gasteiger partial charge in [0, 0.05) is 24.5 Å². The van der Waals surface area contributed by atoms with Gasteiger partial charge >= 0.3 is 6.03 Å². The van der Waals surface area contributed by atoms with Crippen LogP contribution in [0.1, 0.15) is 50.7 Å². The number of urea groups is 1. The molecule has 2 rings (SSSR count). The predicted molar refractivity (Wildman–Crippen MR) is 115 cm³/mol. The summed E-state index contributed by atoms with van der Waals surface area (Å²) in [5.74, 6) is 0. The summed E-state index contributed by atoms with van der Waals surface area (Å²) in [4.78, 5) is 17.2. The number of benzene rings is 2. The van der Waals surface area contributed by atoms with Crippen LogP contribution in [0.25, 0.3) is 0 Å². The molecule has 0 saturated carbocycles. The van der Waals surface area contributed by atoms with Crippen LogP contribution in [0.15, 0.2) is 48.5 Å². The first kappa shape index (κ1) is 21.9. The maximum absolute atomic E-state index is 13.5. The summed E-state index contributed by atoms with van der Waals surface area (Å²) >= 11 is 0. The van der Waals surface area contributed by atoms with Crippen molar-refractivity contribution in [3.05, 3.63) is 59.7 Å². The fourth-order valence-corrected chi connectivity index (χ4v) is 3.01. The second kappa shape index (κ2) is 11.5. The first-order valence-electron chi connectivity index (χ1n) is 10.1. The molecule has 5 heteroatoms. The van der Waals surface area contributed by atoms with Crippen LogP contribution in [0.5, 0.6) is 0 Å². The number of nitrogens with zero attached hydrogens (tertiary/aromatic N) is 2. The number of aliphatic hydroxyl groups excluding tert-OH is 2. The number of unbranched alkanes of at least 4 members (excludes halogenated alkanes) is 2. The molecule has 0 fully saturated rings. The highest BCUT2D eigenvalue weighted by atomic mass is 16.3. The average Bonchev–Trinajstić information content (AvgIpc) is 2.75. The van der Waals surface area contributed by atoms with Gasteiger partial charge in [0.05, 0.1) is 13.2 Å². The number of hydrogen-bond donors (Lipinski definition) is 2. The summed E-state index contributed by atoms with van der Waals surface area (Å²) in [5.41, 5.74) is 3.33. The Morgan fingerprint density at radius 2 is 1.07 bits per heavy atom. The number of carbonyl (C=O) groups excluding carboxylic acids is 1. The van der Waals surface area contributed by atoms with Crippen molar-refractivity contribution in [1.29, 1.82) is 0 Å². The Morgan fingerprint density at radius 1 is 0.714 bits per heavy atom. The number of carbonyl (C=O) groups is 1. The minimum Gasteiger partial charge on any atom is -0.392 e. The van der Waals surface area contributed by atoms with Crippen LogP contribution < -0.4 is 9.80 Å². The van der Waals surface area contributed by atoms with Crippen molar-refractivity contribution in [3.8, 4) is 0 Å². The second-order valence-electron chi connectivity index (χ2n) is 6.94. The Balaban J connectivity index is 2.33. The van der Waals surface area contributed by atoms with Crippen molar-refractivity contribution in [2.45, 2.75) is 52.7 Å². The zero-order valence-corrected chi connectivity index (χ0v) is 17.0. The third-order valence-corrected chi connectivity index (χ3v) is 4.79. The van der Waals surface area contributed by atoms with Gasteiger partial charge in [-0.15, -0.1) is 0 Å². The number of anilines is 2. The maximum atomic E-state index is 13.5. The van der Waals surface area contributed by atoms with Crippen LogP contribution in [-0.4, -0.2) is 29.3 Å². The van der Waals surface area contributed by atoms with Crippen LogP contribution in [0.4, 0.5) is 16.2 Å². The van der Waals surface area contributed by atoms with E-state index in [-0.39, 0.29) is 19.2 Å². The Bertz CT molecular complexity index is 652. The summed E-state index contributed by atoms with van der Waals surface area (Å²) in [6, 6.07) is 15.0. The van der Waals surface area contributed by atoms with Crippen molar-refractivity contribution in [2.24, 2.45) is 0 Å². The molecule has 0 radical (unpaired) electrons. The molecule has 0 aliphatic rings. The van der Waals surface area contributed by atoms with Crippen molar-refractivity contribution in [3.63, 3.8) is 0 Å². The molecule has 28 heavy (non-hydrogen) atoms. The van der Waals surface area contributed by atoms with Crippen molar-refractivity contribution < 1.29 is 15.0 Å². The van der Waals surface area contributed by atoms with E-state index in [1.54, 1.807) is 0 Å². The van der Waals surface area contributed by atoms with E-state index in [9.17, 15) is 15.0 Å². The number of amides is 2. The van der Waals surface area contributed by atoms with E-state index in [1.807, 2.05) is 58.3 Å². The molecule has 2 N–H and O–H groups in total.